The van der Waals surface area contributed by atoms with Crippen molar-refractivity contribution in [2.24, 2.45) is 0 Å². The van der Waals surface area contributed by atoms with Crippen LogP contribution in [0.25, 0.3) is 0 Å². The Labute approximate surface area is 203 Å². The number of hydrogen-bond donors (Lipinski definition) is 1. The number of rotatable bonds is 12. The monoisotopic (exact) mass is 479 g/mol. The topological polar surface area (TPSA) is 74.7 Å². The van der Waals surface area contributed by atoms with E-state index in [9.17, 15) is 13.2 Å². The summed E-state index contributed by atoms with van der Waals surface area (Å²) < 4.78 is 29.0. The predicted octanol–water partition coefficient (Wildman–Crippen LogP) is 6.12. The number of anilines is 1. The Morgan fingerprint density at radius 1 is 0.794 bits per heavy atom. The number of aryl methyl sites for hydroxylation is 3. The third-order valence-corrected chi connectivity index (χ3v) is 7.74. The molecule has 0 aliphatic heterocycles. The number of hydrogen-bond acceptors (Lipinski definition) is 3. The van der Waals surface area contributed by atoms with Gasteiger partial charge in [0, 0.05) is 6.54 Å². The second-order valence-corrected chi connectivity index (χ2v) is 10.3. The zero-order valence-electron chi connectivity index (χ0n) is 19.9. The fourth-order valence-electron chi connectivity index (χ4n) is 3.97. The summed E-state index contributed by atoms with van der Waals surface area (Å²) in [5.41, 5.74) is 4.05. The molecule has 0 aromatic heterocycles. The molecule has 0 spiro atoms. The summed E-state index contributed by atoms with van der Waals surface area (Å²) in [6, 6.07) is 21.7. The van der Waals surface area contributed by atoms with E-state index in [1.54, 1.807) is 28.6 Å². The molecule has 0 saturated carbocycles. The average molecular weight is 480 g/mol. The number of unbranched alkanes of at least 4 members (excludes halogenated alkanes) is 1. The fraction of sp³-hybridized carbons (Fsp3) is 0.321. The first-order chi connectivity index (χ1) is 16.4. The van der Waals surface area contributed by atoms with E-state index in [0.29, 0.717) is 30.0 Å². The summed E-state index contributed by atoms with van der Waals surface area (Å²) in [6.45, 7) is 4.57. The molecule has 3 rings (SSSR count). The summed E-state index contributed by atoms with van der Waals surface area (Å²) in [7, 11) is -3.71. The van der Waals surface area contributed by atoms with Crippen LogP contribution in [0.2, 0.25) is 0 Å². The number of nitrogens with zero attached hydrogens (tertiary/aromatic N) is 1. The Kier molecular flexibility index (Phi) is 8.88. The quantitative estimate of drug-likeness (QED) is 0.340. The molecule has 0 radical (unpaired) electrons. The Morgan fingerprint density at radius 2 is 1.41 bits per heavy atom. The number of carboxylic acid groups (broad SMARTS) is 1. The minimum Gasteiger partial charge on any atom is -0.478 e. The molecule has 3 aromatic rings. The summed E-state index contributed by atoms with van der Waals surface area (Å²) in [4.78, 5) is 11.4. The van der Waals surface area contributed by atoms with Gasteiger partial charge >= 0.3 is 5.97 Å². The number of carbonyl (C=O) groups is 1. The van der Waals surface area contributed by atoms with Crippen LogP contribution < -0.4 is 4.31 Å². The van der Waals surface area contributed by atoms with Crippen molar-refractivity contribution in [1.82, 2.24) is 0 Å². The second-order valence-electron chi connectivity index (χ2n) is 8.46. The Bertz CT molecular complexity index is 1190. The maximum atomic E-state index is 13.7. The number of aromatic carboxylic acids is 1. The molecular weight excluding hydrogens is 446 g/mol. The summed E-state index contributed by atoms with van der Waals surface area (Å²) in [5, 5.41) is 9.10. The number of benzene rings is 3. The average Bonchev–Trinajstić information content (AvgIpc) is 2.84. The van der Waals surface area contributed by atoms with Gasteiger partial charge in [0.15, 0.2) is 0 Å². The van der Waals surface area contributed by atoms with E-state index in [4.69, 9.17) is 5.11 Å². The zero-order valence-corrected chi connectivity index (χ0v) is 20.7. The molecule has 6 heteroatoms. The van der Waals surface area contributed by atoms with Gasteiger partial charge in [-0.3, -0.25) is 4.31 Å². The van der Waals surface area contributed by atoms with Gasteiger partial charge in [0.1, 0.15) is 0 Å². The van der Waals surface area contributed by atoms with Gasteiger partial charge in [0.25, 0.3) is 10.0 Å². The van der Waals surface area contributed by atoms with Crippen LogP contribution in [0.5, 0.6) is 0 Å². The van der Waals surface area contributed by atoms with Crippen molar-refractivity contribution in [3.8, 4) is 0 Å². The highest BCUT2D eigenvalue weighted by molar-refractivity contribution is 7.92. The molecule has 0 atom stereocenters. The third-order valence-electron chi connectivity index (χ3n) is 5.91. The van der Waals surface area contributed by atoms with Crippen molar-refractivity contribution in [3.63, 3.8) is 0 Å². The highest BCUT2D eigenvalue weighted by Crippen LogP contribution is 2.29. The SMILES string of the molecule is CCCCN(c1ccccc1CCc1ccc(C(=O)O)cc1)S(=O)(=O)c1ccc(CCC)cc1. The summed E-state index contributed by atoms with van der Waals surface area (Å²) in [6.07, 6.45) is 4.93. The molecule has 3 aromatic carbocycles. The van der Waals surface area contributed by atoms with Crippen molar-refractivity contribution in [3.05, 3.63) is 95.1 Å². The first-order valence-corrected chi connectivity index (χ1v) is 13.3. The van der Waals surface area contributed by atoms with E-state index in [-0.39, 0.29) is 5.56 Å². The summed E-state index contributed by atoms with van der Waals surface area (Å²) in [5.74, 6) is -0.948. The second kappa shape index (κ2) is 11.8. The van der Waals surface area contributed by atoms with Crippen molar-refractivity contribution < 1.29 is 18.3 Å². The molecule has 0 heterocycles. The number of para-hydroxylation sites is 1. The maximum absolute atomic E-state index is 13.7. The smallest absolute Gasteiger partial charge is 0.335 e. The van der Waals surface area contributed by atoms with E-state index in [1.807, 2.05) is 48.5 Å². The molecule has 0 bridgehead atoms. The van der Waals surface area contributed by atoms with E-state index >= 15 is 0 Å². The lowest BCUT2D eigenvalue weighted by atomic mass is 10.0. The molecule has 1 N–H and O–H groups in total. The summed E-state index contributed by atoms with van der Waals surface area (Å²) >= 11 is 0. The minimum absolute atomic E-state index is 0.255. The molecular formula is C28H33NO4S. The molecule has 0 aliphatic carbocycles. The van der Waals surface area contributed by atoms with Crippen LogP contribution in [0.4, 0.5) is 5.69 Å². The molecule has 0 unspecified atom stereocenters. The molecule has 0 aliphatic rings. The molecule has 5 nitrogen and oxygen atoms in total. The molecule has 0 saturated heterocycles. The van der Waals surface area contributed by atoms with Gasteiger partial charge in [-0.05, 0) is 72.7 Å². The van der Waals surface area contributed by atoms with Gasteiger partial charge in [-0.2, -0.15) is 0 Å². The van der Waals surface area contributed by atoms with Crippen LogP contribution in [0.1, 0.15) is 60.2 Å². The van der Waals surface area contributed by atoms with Gasteiger partial charge in [-0.15, -0.1) is 0 Å². The van der Waals surface area contributed by atoms with Crippen LogP contribution >= 0.6 is 0 Å². The Balaban J connectivity index is 1.89. The van der Waals surface area contributed by atoms with Crippen molar-refractivity contribution in [1.29, 1.82) is 0 Å². The Hall–Kier alpha value is -3.12. The standard InChI is InChI=1S/C28H33NO4S/c1-3-5-21-29(34(32,33)26-19-14-22(8-4-2)15-20-26)27-10-7-6-9-24(27)16-11-23-12-17-25(18-13-23)28(30)31/h6-7,9-10,12-15,17-20H,3-5,8,11,16,21H2,1-2H3,(H,30,31). The lowest BCUT2D eigenvalue weighted by Crippen LogP contribution is -2.33. The molecule has 0 amide bonds. The normalized spacial score (nSPS) is 11.4. The van der Waals surface area contributed by atoms with Crippen molar-refractivity contribution in [2.45, 2.75) is 57.3 Å². The first kappa shape index (κ1) is 25.5. The van der Waals surface area contributed by atoms with Gasteiger partial charge in [-0.25, -0.2) is 13.2 Å². The van der Waals surface area contributed by atoms with Crippen LogP contribution in [0, 0.1) is 0 Å². The first-order valence-electron chi connectivity index (χ1n) is 11.9. The van der Waals surface area contributed by atoms with Gasteiger partial charge < -0.3 is 5.11 Å². The highest BCUT2D eigenvalue weighted by atomic mass is 32.2. The lowest BCUT2D eigenvalue weighted by Gasteiger charge is -2.27. The zero-order chi connectivity index (χ0) is 24.6. The van der Waals surface area contributed by atoms with E-state index in [1.165, 1.54) is 0 Å². The van der Waals surface area contributed by atoms with Crippen LogP contribution in [0.15, 0.2) is 77.7 Å². The fourth-order valence-corrected chi connectivity index (χ4v) is 5.52. The molecule has 0 fully saturated rings. The predicted molar refractivity (Wildman–Crippen MR) is 137 cm³/mol. The maximum Gasteiger partial charge on any atom is 0.335 e. The van der Waals surface area contributed by atoms with E-state index in [2.05, 4.69) is 13.8 Å². The van der Waals surface area contributed by atoms with Crippen LogP contribution in [0.3, 0.4) is 0 Å². The van der Waals surface area contributed by atoms with Crippen LogP contribution in [-0.4, -0.2) is 26.0 Å². The number of carboxylic acids is 1. The van der Waals surface area contributed by atoms with Crippen molar-refractivity contribution >= 4 is 21.7 Å². The van der Waals surface area contributed by atoms with Gasteiger partial charge in [0.05, 0.1) is 16.1 Å². The Morgan fingerprint density at radius 3 is 2.03 bits per heavy atom. The molecule has 180 valence electrons. The van der Waals surface area contributed by atoms with E-state index in [0.717, 1.165) is 42.4 Å². The van der Waals surface area contributed by atoms with Crippen molar-refractivity contribution in [2.75, 3.05) is 10.8 Å². The largest absolute Gasteiger partial charge is 0.478 e. The third kappa shape index (κ3) is 6.26. The minimum atomic E-state index is -3.71. The van der Waals surface area contributed by atoms with Gasteiger partial charge in [-0.1, -0.05) is 69.2 Å². The molecule has 34 heavy (non-hydrogen) atoms. The van der Waals surface area contributed by atoms with Crippen LogP contribution in [-0.2, 0) is 29.3 Å². The van der Waals surface area contributed by atoms with Gasteiger partial charge in [0.2, 0.25) is 0 Å². The van der Waals surface area contributed by atoms with E-state index < -0.39 is 16.0 Å². The number of sulfonamides is 1. The lowest BCUT2D eigenvalue weighted by molar-refractivity contribution is 0.0697. The highest BCUT2D eigenvalue weighted by Gasteiger charge is 2.26.